The molecule has 0 saturated heterocycles. The molecule has 96 valence electrons. The Morgan fingerprint density at radius 3 is 2.67 bits per heavy atom. The highest BCUT2D eigenvalue weighted by Gasteiger charge is 2.12. The summed E-state index contributed by atoms with van der Waals surface area (Å²) in [5.41, 5.74) is 7.96. The van der Waals surface area contributed by atoms with Gasteiger partial charge < -0.3 is 10.6 Å². The molecule has 4 nitrogen and oxygen atoms in total. The molecule has 2 aromatic rings. The summed E-state index contributed by atoms with van der Waals surface area (Å²) >= 11 is 1.62. The number of nitrogens with zero attached hydrogens (tertiary/aromatic N) is 3. The quantitative estimate of drug-likeness (QED) is 0.842. The Labute approximate surface area is 111 Å². The molecule has 0 spiro atoms. The van der Waals surface area contributed by atoms with Gasteiger partial charge >= 0.3 is 0 Å². The van der Waals surface area contributed by atoms with Crippen LogP contribution >= 0.6 is 11.3 Å². The molecule has 0 radical (unpaired) electrons. The SMILES string of the molecule is CCCN(Cc1ccccc1N)c1nnc(C)s1. The summed E-state index contributed by atoms with van der Waals surface area (Å²) in [6.07, 6.45) is 1.07. The van der Waals surface area contributed by atoms with Gasteiger partial charge in [0.05, 0.1) is 0 Å². The maximum atomic E-state index is 5.99. The summed E-state index contributed by atoms with van der Waals surface area (Å²) in [4.78, 5) is 2.23. The van der Waals surface area contributed by atoms with E-state index in [1.807, 2.05) is 25.1 Å². The molecule has 0 aliphatic heterocycles. The summed E-state index contributed by atoms with van der Waals surface area (Å²) in [5.74, 6) is 0. The predicted molar refractivity (Wildman–Crippen MR) is 76.8 cm³/mol. The zero-order valence-corrected chi connectivity index (χ0v) is 11.6. The highest BCUT2D eigenvalue weighted by Crippen LogP contribution is 2.23. The van der Waals surface area contributed by atoms with Crippen molar-refractivity contribution in [3.63, 3.8) is 0 Å². The Bertz CT molecular complexity index is 509. The van der Waals surface area contributed by atoms with Gasteiger partial charge in [-0.15, -0.1) is 10.2 Å². The van der Waals surface area contributed by atoms with Crippen LogP contribution in [0.2, 0.25) is 0 Å². The van der Waals surface area contributed by atoms with Gasteiger partial charge in [0.15, 0.2) is 0 Å². The van der Waals surface area contributed by atoms with Gasteiger partial charge in [-0.05, 0) is 25.0 Å². The van der Waals surface area contributed by atoms with Gasteiger partial charge in [-0.1, -0.05) is 36.5 Å². The minimum Gasteiger partial charge on any atom is -0.398 e. The highest BCUT2D eigenvalue weighted by atomic mass is 32.1. The molecule has 1 heterocycles. The highest BCUT2D eigenvalue weighted by molar-refractivity contribution is 7.15. The smallest absolute Gasteiger partial charge is 0.208 e. The molecular weight excluding hydrogens is 244 g/mol. The van der Waals surface area contributed by atoms with Crippen molar-refractivity contribution in [3.8, 4) is 0 Å². The molecule has 0 amide bonds. The molecule has 0 aliphatic carbocycles. The summed E-state index contributed by atoms with van der Waals surface area (Å²) in [7, 11) is 0. The van der Waals surface area contributed by atoms with Crippen LogP contribution in [-0.2, 0) is 6.54 Å². The molecule has 18 heavy (non-hydrogen) atoms. The van der Waals surface area contributed by atoms with E-state index in [2.05, 4.69) is 28.1 Å². The van der Waals surface area contributed by atoms with Crippen LogP contribution in [-0.4, -0.2) is 16.7 Å². The molecule has 0 aliphatic rings. The molecule has 1 aromatic carbocycles. The Morgan fingerprint density at radius 1 is 1.28 bits per heavy atom. The zero-order chi connectivity index (χ0) is 13.0. The number of hydrogen-bond donors (Lipinski definition) is 1. The number of anilines is 2. The third-order valence-electron chi connectivity index (χ3n) is 2.70. The van der Waals surface area contributed by atoms with Crippen molar-refractivity contribution in [2.75, 3.05) is 17.2 Å². The van der Waals surface area contributed by atoms with Crippen LogP contribution in [0.1, 0.15) is 23.9 Å². The fourth-order valence-electron chi connectivity index (χ4n) is 1.81. The number of nitrogen functional groups attached to an aromatic ring is 1. The van der Waals surface area contributed by atoms with E-state index in [4.69, 9.17) is 5.73 Å². The lowest BCUT2D eigenvalue weighted by atomic mass is 10.1. The van der Waals surface area contributed by atoms with Crippen molar-refractivity contribution in [2.45, 2.75) is 26.8 Å². The molecule has 0 bridgehead atoms. The van der Waals surface area contributed by atoms with Gasteiger partial charge in [-0.25, -0.2) is 0 Å². The number of aryl methyl sites for hydroxylation is 1. The van der Waals surface area contributed by atoms with E-state index < -0.39 is 0 Å². The fourth-order valence-corrected chi connectivity index (χ4v) is 2.52. The van der Waals surface area contributed by atoms with Crippen LogP contribution in [0.5, 0.6) is 0 Å². The molecule has 5 heteroatoms. The summed E-state index contributed by atoms with van der Waals surface area (Å²) in [6, 6.07) is 7.97. The number of benzene rings is 1. The van der Waals surface area contributed by atoms with Gasteiger partial charge in [0, 0.05) is 18.8 Å². The zero-order valence-electron chi connectivity index (χ0n) is 10.8. The topological polar surface area (TPSA) is 55.0 Å². The van der Waals surface area contributed by atoms with Crippen LogP contribution in [0, 0.1) is 6.92 Å². The average molecular weight is 262 g/mol. The van der Waals surface area contributed by atoms with Crippen molar-refractivity contribution < 1.29 is 0 Å². The van der Waals surface area contributed by atoms with Gasteiger partial charge in [0.25, 0.3) is 0 Å². The largest absolute Gasteiger partial charge is 0.398 e. The van der Waals surface area contributed by atoms with Crippen LogP contribution in [0.15, 0.2) is 24.3 Å². The monoisotopic (exact) mass is 262 g/mol. The van der Waals surface area contributed by atoms with E-state index in [1.54, 1.807) is 11.3 Å². The second-order valence-corrected chi connectivity index (χ2v) is 5.38. The average Bonchev–Trinajstić information content (AvgIpc) is 2.78. The van der Waals surface area contributed by atoms with Gasteiger partial charge in [0.1, 0.15) is 5.01 Å². The maximum Gasteiger partial charge on any atom is 0.208 e. The van der Waals surface area contributed by atoms with E-state index in [0.717, 1.165) is 40.9 Å². The van der Waals surface area contributed by atoms with E-state index >= 15 is 0 Å². The Hall–Kier alpha value is -1.62. The number of nitrogens with two attached hydrogens (primary N) is 1. The van der Waals surface area contributed by atoms with Crippen molar-refractivity contribution in [1.82, 2.24) is 10.2 Å². The van der Waals surface area contributed by atoms with E-state index in [0.29, 0.717) is 0 Å². The van der Waals surface area contributed by atoms with Crippen LogP contribution in [0.25, 0.3) is 0 Å². The number of para-hydroxylation sites is 1. The van der Waals surface area contributed by atoms with Crippen molar-refractivity contribution in [3.05, 3.63) is 34.8 Å². The molecule has 0 unspecified atom stereocenters. The lowest BCUT2D eigenvalue weighted by Crippen LogP contribution is -2.23. The van der Waals surface area contributed by atoms with Crippen LogP contribution in [0.3, 0.4) is 0 Å². The minimum absolute atomic E-state index is 0.787. The van der Waals surface area contributed by atoms with E-state index in [9.17, 15) is 0 Å². The second-order valence-electron chi connectivity index (χ2n) is 4.22. The van der Waals surface area contributed by atoms with Crippen molar-refractivity contribution in [2.24, 2.45) is 0 Å². The normalized spacial score (nSPS) is 10.6. The minimum atomic E-state index is 0.787. The van der Waals surface area contributed by atoms with E-state index in [-0.39, 0.29) is 0 Å². The Kier molecular flexibility index (Phi) is 4.15. The van der Waals surface area contributed by atoms with Crippen LogP contribution in [0.4, 0.5) is 10.8 Å². The Morgan fingerprint density at radius 2 is 2.06 bits per heavy atom. The third-order valence-corrected chi connectivity index (χ3v) is 3.60. The first-order valence-electron chi connectivity index (χ1n) is 6.09. The maximum absolute atomic E-state index is 5.99. The number of aromatic nitrogens is 2. The molecule has 0 atom stereocenters. The summed E-state index contributed by atoms with van der Waals surface area (Å²) in [5, 5.41) is 10.3. The molecule has 2 N–H and O–H groups in total. The lowest BCUT2D eigenvalue weighted by molar-refractivity contribution is 0.757. The number of rotatable bonds is 5. The standard InChI is InChI=1S/C13H18N4S/c1-3-8-17(13-16-15-10(2)18-13)9-11-6-4-5-7-12(11)14/h4-7H,3,8-9,14H2,1-2H3. The van der Waals surface area contributed by atoms with Gasteiger partial charge in [-0.3, -0.25) is 0 Å². The van der Waals surface area contributed by atoms with Crippen LogP contribution < -0.4 is 10.6 Å². The summed E-state index contributed by atoms with van der Waals surface area (Å²) < 4.78 is 0. The van der Waals surface area contributed by atoms with Crippen molar-refractivity contribution >= 4 is 22.2 Å². The summed E-state index contributed by atoms with van der Waals surface area (Å²) in [6.45, 7) is 5.88. The molecule has 1 aromatic heterocycles. The second kappa shape index (κ2) is 5.82. The fraction of sp³-hybridized carbons (Fsp3) is 0.385. The van der Waals surface area contributed by atoms with Crippen molar-refractivity contribution in [1.29, 1.82) is 0 Å². The molecule has 0 fully saturated rings. The first-order chi connectivity index (χ1) is 8.70. The molecule has 2 rings (SSSR count). The first-order valence-corrected chi connectivity index (χ1v) is 6.90. The predicted octanol–water partition coefficient (Wildman–Crippen LogP) is 2.85. The van der Waals surface area contributed by atoms with E-state index in [1.165, 1.54) is 0 Å². The Balaban J connectivity index is 2.19. The number of hydrogen-bond acceptors (Lipinski definition) is 5. The third kappa shape index (κ3) is 2.98. The van der Waals surface area contributed by atoms with Gasteiger partial charge in [-0.2, -0.15) is 0 Å². The molecular formula is C13H18N4S. The molecule has 0 saturated carbocycles. The lowest BCUT2D eigenvalue weighted by Gasteiger charge is -2.21. The first kappa shape index (κ1) is 12.8. The van der Waals surface area contributed by atoms with Gasteiger partial charge in [0.2, 0.25) is 5.13 Å².